The summed E-state index contributed by atoms with van der Waals surface area (Å²) in [4.78, 5) is 13.5. The van der Waals surface area contributed by atoms with Crippen LogP contribution in [0, 0.1) is 12.3 Å². The smallest absolute Gasteiger partial charge is 0.242 e. The molecule has 0 aliphatic heterocycles. The zero-order valence-electron chi connectivity index (χ0n) is 22.7. The molecule has 0 bridgehead atoms. The number of rotatable bonds is 11. The maximum Gasteiger partial charge on any atom is 0.242 e. The van der Waals surface area contributed by atoms with Gasteiger partial charge in [0.15, 0.2) is 22.9 Å². The van der Waals surface area contributed by atoms with Gasteiger partial charge in [0.25, 0.3) is 0 Å². The van der Waals surface area contributed by atoms with Crippen molar-refractivity contribution in [3.8, 4) is 17.4 Å². The Morgan fingerprint density at radius 3 is 2.43 bits per heavy atom. The molecule has 0 fully saturated rings. The number of carbonyl (C=O) groups is 1. The number of hydrogen-bond donors (Lipinski definition) is 2. The highest BCUT2D eigenvalue weighted by Crippen LogP contribution is 2.40. The molecule has 0 radical (unpaired) electrons. The number of aliphatic hydroxyl groups is 1. The molecule has 1 aromatic carbocycles. The van der Waals surface area contributed by atoms with Crippen LogP contribution >= 0.6 is 12.4 Å². The second-order valence-electron chi connectivity index (χ2n) is 9.57. The van der Waals surface area contributed by atoms with E-state index < -0.39 is 0 Å². The molecule has 204 valence electrons. The van der Waals surface area contributed by atoms with Gasteiger partial charge in [0, 0.05) is 35.3 Å². The summed E-state index contributed by atoms with van der Waals surface area (Å²) < 4.78 is 19.9. The van der Waals surface area contributed by atoms with Gasteiger partial charge in [0.2, 0.25) is 11.5 Å². The van der Waals surface area contributed by atoms with Crippen molar-refractivity contribution >= 4 is 23.8 Å². The number of hydrogen-bond acceptors (Lipinski definition) is 8. The zero-order valence-corrected chi connectivity index (χ0v) is 23.5. The molecule has 0 aliphatic rings. The largest absolute Gasteiger partial charge is 0.493 e. The van der Waals surface area contributed by atoms with E-state index in [0.717, 1.165) is 16.7 Å². The number of aliphatic hydroxyl groups excluding tert-OH is 1. The van der Waals surface area contributed by atoms with Gasteiger partial charge in [0.05, 0.1) is 20.3 Å². The minimum atomic E-state index is -0.319. The van der Waals surface area contributed by atoms with Crippen molar-refractivity contribution in [3.63, 3.8) is 0 Å². The first-order valence-corrected chi connectivity index (χ1v) is 12.2. The van der Waals surface area contributed by atoms with Crippen LogP contribution in [-0.4, -0.2) is 57.2 Å². The van der Waals surface area contributed by atoms with Gasteiger partial charge in [-0.15, -0.1) is 22.6 Å². The van der Waals surface area contributed by atoms with Crippen molar-refractivity contribution in [2.24, 2.45) is 0 Å². The van der Waals surface area contributed by atoms with Crippen molar-refractivity contribution in [3.05, 3.63) is 40.0 Å². The monoisotopic (exact) mass is 535 g/mol. The van der Waals surface area contributed by atoms with E-state index in [-0.39, 0.29) is 42.4 Å². The quantitative estimate of drug-likeness (QED) is 0.283. The lowest BCUT2D eigenvalue weighted by Gasteiger charge is -2.25. The third-order valence-electron chi connectivity index (χ3n) is 5.97. The summed E-state index contributed by atoms with van der Waals surface area (Å²) in [5.74, 6) is 1.24. The molecule has 37 heavy (non-hydrogen) atoms. The SMILES string of the molecule is CCOc1nn2c(=N)n(CC(=O)c3cc(OCCCO)c(OC)c(C(C)(C)C)c3)nc2c(CC)c1C.Cl. The van der Waals surface area contributed by atoms with E-state index in [4.69, 9.17) is 24.7 Å². The van der Waals surface area contributed by atoms with Crippen LogP contribution in [0.15, 0.2) is 12.1 Å². The number of aryl methyl sites for hydroxylation is 1. The Morgan fingerprint density at radius 1 is 1.16 bits per heavy atom. The minimum Gasteiger partial charge on any atom is -0.493 e. The van der Waals surface area contributed by atoms with Gasteiger partial charge in [-0.3, -0.25) is 10.2 Å². The lowest BCUT2D eigenvalue weighted by molar-refractivity contribution is 0.0964. The number of aromatic nitrogens is 4. The number of Topliss-reactive ketones (excluding diaryl/α,β-unsaturated/α-hetero) is 1. The van der Waals surface area contributed by atoms with Crippen molar-refractivity contribution in [2.75, 3.05) is 26.9 Å². The lowest BCUT2D eigenvalue weighted by atomic mass is 9.84. The number of nitrogens with zero attached hydrogens (tertiary/aromatic N) is 4. The van der Waals surface area contributed by atoms with Gasteiger partial charge in [0.1, 0.15) is 6.54 Å². The molecule has 2 aromatic heterocycles. The number of fused-ring (bicyclic) bond motifs is 1. The van der Waals surface area contributed by atoms with Crippen LogP contribution in [-0.2, 0) is 18.4 Å². The summed E-state index contributed by atoms with van der Waals surface area (Å²) in [6.45, 7) is 12.5. The Hall–Kier alpha value is -3.11. The summed E-state index contributed by atoms with van der Waals surface area (Å²) in [5.41, 5.74) is 3.26. The van der Waals surface area contributed by atoms with E-state index in [1.165, 1.54) is 9.20 Å². The molecule has 0 atom stereocenters. The van der Waals surface area contributed by atoms with E-state index in [2.05, 4.69) is 10.2 Å². The molecule has 10 nitrogen and oxygen atoms in total. The van der Waals surface area contributed by atoms with Crippen molar-refractivity contribution in [1.29, 1.82) is 5.41 Å². The number of halogens is 1. The number of ether oxygens (including phenoxy) is 3. The fourth-order valence-corrected chi connectivity index (χ4v) is 4.08. The summed E-state index contributed by atoms with van der Waals surface area (Å²) in [5, 5.41) is 26.8. The van der Waals surface area contributed by atoms with Crippen LogP contribution in [0.25, 0.3) is 5.65 Å². The van der Waals surface area contributed by atoms with Gasteiger partial charge in [-0.2, -0.15) is 4.52 Å². The lowest BCUT2D eigenvalue weighted by Crippen LogP contribution is -2.27. The van der Waals surface area contributed by atoms with Crippen LogP contribution in [0.4, 0.5) is 0 Å². The Balaban J connectivity index is 0.00000481. The molecule has 0 aliphatic carbocycles. The molecule has 0 amide bonds. The number of nitrogens with one attached hydrogen (secondary N) is 1. The van der Waals surface area contributed by atoms with Crippen molar-refractivity contribution in [1.82, 2.24) is 19.4 Å². The standard InChI is InChI=1S/C26H37N5O5.ClH/c1-8-18-16(3)24(35-9-2)29-31-23(18)28-30(25(31)27)15-20(33)17-13-19(26(4,5)6)22(34-7)21(14-17)36-12-10-11-32;/h13-14,27,32H,8-12,15H2,1-7H3;1H. The first-order chi connectivity index (χ1) is 17.1. The summed E-state index contributed by atoms with van der Waals surface area (Å²) in [7, 11) is 1.57. The molecular formula is C26H38ClN5O5. The highest BCUT2D eigenvalue weighted by atomic mass is 35.5. The Labute approximate surface area is 223 Å². The van der Waals surface area contributed by atoms with Gasteiger partial charge in [-0.25, -0.2) is 4.68 Å². The van der Waals surface area contributed by atoms with Crippen molar-refractivity contribution in [2.45, 2.75) is 66.3 Å². The minimum absolute atomic E-state index is 0. The summed E-state index contributed by atoms with van der Waals surface area (Å²) >= 11 is 0. The average molecular weight is 536 g/mol. The molecule has 0 unspecified atom stereocenters. The number of carbonyl (C=O) groups excluding carboxylic acids is 1. The highest BCUT2D eigenvalue weighted by Gasteiger charge is 2.26. The molecule has 2 heterocycles. The molecule has 3 rings (SSSR count). The topological polar surface area (TPSA) is 124 Å². The van der Waals surface area contributed by atoms with Gasteiger partial charge in [-0.1, -0.05) is 27.7 Å². The van der Waals surface area contributed by atoms with E-state index in [1.807, 2.05) is 47.6 Å². The van der Waals surface area contributed by atoms with Crippen LogP contribution in [0.3, 0.4) is 0 Å². The second kappa shape index (κ2) is 12.4. The molecule has 0 spiro atoms. The molecule has 11 heteroatoms. The van der Waals surface area contributed by atoms with Gasteiger partial charge >= 0.3 is 0 Å². The molecule has 0 saturated heterocycles. The van der Waals surface area contributed by atoms with Crippen LogP contribution < -0.4 is 19.8 Å². The first-order valence-electron chi connectivity index (χ1n) is 12.2. The van der Waals surface area contributed by atoms with Gasteiger partial charge in [-0.05, 0) is 37.8 Å². The predicted octanol–water partition coefficient (Wildman–Crippen LogP) is 3.65. The predicted molar refractivity (Wildman–Crippen MR) is 143 cm³/mol. The van der Waals surface area contributed by atoms with E-state index >= 15 is 0 Å². The Morgan fingerprint density at radius 2 is 1.86 bits per heavy atom. The third kappa shape index (κ3) is 6.24. The number of ketones is 1. The maximum absolute atomic E-state index is 13.5. The molecule has 0 saturated carbocycles. The van der Waals surface area contributed by atoms with Gasteiger partial charge < -0.3 is 19.3 Å². The molecule has 2 N–H and O–H groups in total. The van der Waals surface area contributed by atoms with Crippen LogP contribution in [0.5, 0.6) is 17.4 Å². The average Bonchev–Trinajstić information content (AvgIpc) is 3.13. The molecule has 3 aromatic rings. The Kier molecular flexibility index (Phi) is 10.1. The highest BCUT2D eigenvalue weighted by molar-refractivity contribution is 5.97. The zero-order chi connectivity index (χ0) is 26.6. The second-order valence-corrected chi connectivity index (χ2v) is 9.57. The van der Waals surface area contributed by atoms with E-state index in [0.29, 0.717) is 54.6 Å². The van der Waals surface area contributed by atoms with Crippen LogP contribution in [0.2, 0.25) is 0 Å². The van der Waals surface area contributed by atoms with E-state index in [1.54, 1.807) is 13.2 Å². The third-order valence-corrected chi connectivity index (χ3v) is 5.97. The van der Waals surface area contributed by atoms with E-state index in [9.17, 15) is 4.79 Å². The Bertz CT molecular complexity index is 1310. The number of benzene rings is 1. The summed E-state index contributed by atoms with van der Waals surface area (Å²) in [6, 6.07) is 3.47. The van der Waals surface area contributed by atoms with Crippen molar-refractivity contribution < 1.29 is 24.1 Å². The number of methoxy groups -OCH3 is 1. The fraction of sp³-hybridized carbons (Fsp3) is 0.538. The normalized spacial score (nSPS) is 11.4. The molecular weight excluding hydrogens is 498 g/mol. The first kappa shape index (κ1) is 30.1. The van der Waals surface area contributed by atoms with Crippen LogP contribution in [0.1, 0.15) is 68.1 Å². The maximum atomic E-state index is 13.5. The summed E-state index contributed by atoms with van der Waals surface area (Å²) in [6.07, 6.45) is 1.14. The fourth-order valence-electron chi connectivity index (χ4n) is 4.08.